The average Bonchev–Trinajstić information content (AvgIpc) is 2.04. The summed E-state index contributed by atoms with van der Waals surface area (Å²) in [4.78, 5) is 104. The van der Waals surface area contributed by atoms with E-state index in [1.54, 1.807) is 12.1 Å². The lowest BCUT2D eigenvalue weighted by Gasteiger charge is -2.34. The summed E-state index contributed by atoms with van der Waals surface area (Å²) >= 11 is 0. The second-order valence-electron chi connectivity index (χ2n) is 22.8. The van der Waals surface area contributed by atoms with Crippen LogP contribution in [0.25, 0.3) is 22.3 Å². The number of nitrogens with zero attached hydrogens (tertiary/aromatic N) is 2. The third kappa shape index (κ3) is 17.3. The van der Waals surface area contributed by atoms with Gasteiger partial charge in [0.05, 0.1) is 56.5 Å². The SMILES string of the molecule is CCCCCOc1ccc(-c2ccc(-c3ccc(C(=O)N[C@H]4C[C@@H](O)[C@@H](OCCOCCN)NC(=O)[C@@H]5[C@@H](O)[C@@H](C)CN5C(=O)[C@H]([C@@H](C)O)NC(=O)[C@H]([C@H](O)[C@@H](O)c5ccc(O)c(N)c5)NC(=O)[C@@H]5C[C@@H](O)CN5C(=O)[C@H]([C@@H](C)O)NC4=O)cc3)cc2)cc1. The van der Waals surface area contributed by atoms with Gasteiger partial charge in [-0.2, -0.15) is 0 Å². The molecular weight excluding hydrogens is 1160 g/mol. The molecule has 0 bridgehead atoms. The number of phenols is 1. The molecule has 7 amide bonds. The molecule has 27 heteroatoms. The van der Waals surface area contributed by atoms with Gasteiger partial charge in [0.1, 0.15) is 66.1 Å². The topological polar surface area (TPSA) is 428 Å². The highest BCUT2D eigenvalue weighted by atomic mass is 16.5. The van der Waals surface area contributed by atoms with E-state index in [9.17, 15) is 74.4 Å². The molecule has 15 atom stereocenters. The van der Waals surface area contributed by atoms with Crippen LogP contribution in [-0.2, 0) is 38.2 Å². The van der Waals surface area contributed by atoms with Crippen LogP contribution in [0.15, 0.2) is 91.0 Å². The Bertz CT molecular complexity index is 3070. The maximum absolute atomic E-state index is 14.8. The summed E-state index contributed by atoms with van der Waals surface area (Å²) in [5.41, 5.74) is 14.5. The van der Waals surface area contributed by atoms with Crippen molar-refractivity contribution in [3.05, 3.63) is 102 Å². The van der Waals surface area contributed by atoms with E-state index in [4.69, 9.17) is 25.7 Å². The molecule has 0 aliphatic carbocycles. The molecule has 484 valence electrons. The van der Waals surface area contributed by atoms with E-state index in [-0.39, 0.29) is 49.7 Å². The normalized spacial score (nSPS) is 26.3. The number of unbranched alkanes of at least 4 members (excludes halogenated alkanes) is 2. The quantitative estimate of drug-likeness (QED) is 0.0276. The molecule has 0 aromatic heterocycles. The van der Waals surface area contributed by atoms with Gasteiger partial charge in [-0.3, -0.25) is 33.6 Å². The molecule has 0 unspecified atom stereocenters. The number of carbonyl (C=O) groups is 7. The number of anilines is 1. The molecule has 3 saturated heterocycles. The number of rotatable bonds is 20. The van der Waals surface area contributed by atoms with Crippen molar-refractivity contribution in [2.45, 2.75) is 145 Å². The van der Waals surface area contributed by atoms with Crippen molar-refractivity contribution in [2.24, 2.45) is 11.7 Å². The molecule has 3 aliphatic rings. The summed E-state index contributed by atoms with van der Waals surface area (Å²) in [5, 5.41) is 102. The number of nitrogen functional groups attached to an aromatic ring is 1. The third-order valence-electron chi connectivity index (χ3n) is 16.0. The molecular formula is C62H83N9O18. The number of amides is 7. The number of phenolic OH excluding ortho intramolecular Hbond substituents is 1. The molecule has 4 aromatic carbocycles. The summed E-state index contributed by atoms with van der Waals surface area (Å²) in [5.74, 6) is -8.73. The molecule has 27 nitrogen and oxygen atoms in total. The number of aromatic hydroxyl groups is 1. The van der Waals surface area contributed by atoms with Gasteiger partial charge in [0.2, 0.25) is 35.4 Å². The minimum atomic E-state index is -2.36. The van der Waals surface area contributed by atoms with Crippen LogP contribution in [0.4, 0.5) is 5.69 Å². The predicted molar refractivity (Wildman–Crippen MR) is 321 cm³/mol. The zero-order chi connectivity index (χ0) is 64.8. The van der Waals surface area contributed by atoms with Crippen LogP contribution in [0.1, 0.15) is 81.8 Å². The lowest BCUT2D eigenvalue weighted by molar-refractivity contribution is -0.150. The van der Waals surface area contributed by atoms with Crippen LogP contribution in [0.3, 0.4) is 0 Å². The Hall–Kier alpha value is -7.83. The van der Waals surface area contributed by atoms with Crippen molar-refractivity contribution in [3.8, 4) is 33.8 Å². The van der Waals surface area contributed by atoms with Gasteiger partial charge < -0.3 is 103 Å². The van der Waals surface area contributed by atoms with Crippen LogP contribution < -0.4 is 42.8 Å². The van der Waals surface area contributed by atoms with Gasteiger partial charge in [0.15, 0.2) is 6.23 Å². The highest BCUT2D eigenvalue weighted by Gasteiger charge is 2.50. The largest absolute Gasteiger partial charge is 0.506 e. The summed E-state index contributed by atoms with van der Waals surface area (Å²) in [6.45, 7) is 5.21. The Labute approximate surface area is 514 Å². The zero-order valence-electron chi connectivity index (χ0n) is 50.0. The summed E-state index contributed by atoms with van der Waals surface area (Å²) in [7, 11) is 0. The monoisotopic (exact) mass is 1240 g/mol. The molecule has 0 saturated carbocycles. The van der Waals surface area contributed by atoms with E-state index in [0.29, 0.717) is 12.2 Å². The molecule has 0 radical (unpaired) electrons. The molecule has 17 N–H and O–H groups in total. The Morgan fingerprint density at radius 2 is 1.25 bits per heavy atom. The second kappa shape index (κ2) is 31.6. The van der Waals surface area contributed by atoms with Gasteiger partial charge in [0.25, 0.3) is 5.91 Å². The number of carbonyl (C=O) groups excluding carboxylic acids is 7. The van der Waals surface area contributed by atoms with E-state index in [0.717, 1.165) is 83.5 Å². The maximum atomic E-state index is 14.8. The number of hydrogen-bond donors (Lipinski definition) is 15. The first kappa shape index (κ1) is 68.7. The third-order valence-corrected chi connectivity index (χ3v) is 16.0. The zero-order valence-corrected chi connectivity index (χ0v) is 50.0. The Balaban J connectivity index is 1.23. The van der Waals surface area contributed by atoms with Gasteiger partial charge in [0, 0.05) is 44.0 Å². The number of nitrogens with one attached hydrogen (secondary N) is 5. The number of ether oxygens (including phenoxy) is 3. The van der Waals surface area contributed by atoms with E-state index in [2.05, 4.69) is 33.5 Å². The van der Waals surface area contributed by atoms with Crippen molar-refractivity contribution in [3.63, 3.8) is 0 Å². The Morgan fingerprint density at radius 3 is 1.83 bits per heavy atom. The standard InChI is InChI=1S/C62H83N9O18/c1-5-6-7-23-88-42-19-16-38(17-20-42)36-10-8-35(9-11-36)37-12-14-39(15-13-37)55(80)65-44-29-47(76)60(89-26-25-87-24-22-63)69-59(84)51-52(77)32(2)30-71(51)62(86)49(34(4)73)67-58(83)50(54(79)53(78)40-18-21-46(75)43(64)27-40)68-57(82)45-28-41(74)31-70(45)61(85)48(33(3)72)66-56(44)81/h8-21,27,32-34,41,44-45,47-54,60,72-79H,5-7,22-26,28-31,63-64H2,1-4H3,(H,65,80)(H,66,81)(H,67,83)(H,68,82)(H,69,84)/t32-,33+,34+,41+,44-,45-,47+,48-,49-,50-,51-,52-,53-,54-,60+/m0/s1. The first-order valence-electron chi connectivity index (χ1n) is 29.7. The van der Waals surface area contributed by atoms with E-state index in [1.165, 1.54) is 19.1 Å². The fraction of sp³-hybridized carbons (Fsp3) is 0.500. The van der Waals surface area contributed by atoms with Gasteiger partial charge in [-0.15, -0.1) is 0 Å². The van der Waals surface area contributed by atoms with Crippen molar-refractivity contribution < 1.29 is 88.6 Å². The molecule has 3 heterocycles. The fourth-order valence-corrected chi connectivity index (χ4v) is 10.9. The molecule has 0 spiro atoms. The Morgan fingerprint density at radius 1 is 0.674 bits per heavy atom. The highest BCUT2D eigenvalue weighted by molar-refractivity contribution is 6.00. The van der Waals surface area contributed by atoms with Crippen LogP contribution in [-0.4, -0.2) is 217 Å². The van der Waals surface area contributed by atoms with Crippen molar-refractivity contribution in [1.29, 1.82) is 0 Å². The molecule has 3 aliphatic heterocycles. The van der Waals surface area contributed by atoms with Crippen molar-refractivity contribution >= 4 is 47.0 Å². The smallest absolute Gasteiger partial charge is 0.251 e. The minimum absolute atomic E-state index is 0.0222. The van der Waals surface area contributed by atoms with E-state index in [1.807, 2.05) is 48.5 Å². The molecule has 4 aromatic rings. The lowest BCUT2D eigenvalue weighted by Crippen LogP contribution is -2.64. The van der Waals surface area contributed by atoms with E-state index < -0.39 is 158 Å². The van der Waals surface area contributed by atoms with Gasteiger partial charge in [-0.05, 0) is 84.5 Å². The van der Waals surface area contributed by atoms with Crippen molar-refractivity contribution in [1.82, 2.24) is 36.4 Å². The summed E-state index contributed by atoms with van der Waals surface area (Å²) in [6, 6.07) is 13.4. The summed E-state index contributed by atoms with van der Waals surface area (Å²) < 4.78 is 17.2. The number of aliphatic hydroxyl groups excluding tert-OH is 7. The van der Waals surface area contributed by atoms with Crippen molar-refractivity contribution in [2.75, 3.05) is 51.8 Å². The predicted octanol–water partition coefficient (Wildman–Crippen LogP) is -1.35. The lowest BCUT2D eigenvalue weighted by atomic mass is 9.96. The number of benzene rings is 4. The number of fused-ring (bicyclic) bond motifs is 2. The minimum Gasteiger partial charge on any atom is -0.506 e. The Kier molecular flexibility index (Phi) is 24.4. The molecule has 89 heavy (non-hydrogen) atoms. The summed E-state index contributed by atoms with van der Waals surface area (Å²) in [6.07, 6.45) is -13.1. The maximum Gasteiger partial charge on any atom is 0.251 e. The first-order valence-corrected chi connectivity index (χ1v) is 29.7. The number of hydrogen-bond acceptors (Lipinski definition) is 20. The highest BCUT2D eigenvalue weighted by Crippen LogP contribution is 2.31. The van der Waals surface area contributed by atoms with Gasteiger partial charge in [-0.1, -0.05) is 81.3 Å². The average molecular weight is 1240 g/mol. The van der Waals surface area contributed by atoms with E-state index >= 15 is 0 Å². The van der Waals surface area contributed by atoms with Gasteiger partial charge >= 0.3 is 0 Å². The second-order valence-corrected chi connectivity index (χ2v) is 22.8. The molecule has 7 rings (SSSR count). The van der Waals surface area contributed by atoms with Crippen LogP contribution in [0.2, 0.25) is 0 Å². The van der Waals surface area contributed by atoms with Crippen LogP contribution >= 0.6 is 0 Å². The fourth-order valence-electron chi connectivity index (χ4n) is 10.9. The molecule has 3 fully saturated rings. The number of nitrogens with two attached hydrogens (primary N) is 2. The van der Waals surface area contributed by atoms with Gasteiger partial charge in [-0.25, -0.2) is 0 Å². The number of aliphatic hydroxyl groups is 7. The first-order chi connectivity index (χ1) is 42.4. The van der Waals surface area contributed by atoms with Crippen LogP contribution in [0, 0.1) is 5.92 Å². The van der Waals surface area contributed by atoms with Crippen LogP contribution in [0.5, 0.6) is 11.5 Å².